The highest BCUT2D eigenvalue weighted by molar-refractivity contribution is 4.83. The number of hydrogen-bond acceptors (Lipinski definition) is 3. The summed E-state index contributed by atoms with van der Waals surface area (Å²) in [7, 11) is 1.72. The monoisotopic (exact) mass is 288 g/mol. The molecule has 3 nitrogen and oxygen atoms in total. The minimum Gasteiger partial charge on any atom is -0.376 e. The van der Waals surface area contributed by atoms with Gasteiger partial charge in [-0.25, -0.2) is 0 Å². The van der Waals surface area contributed by atoms with Gasteiger partial charge in [-0.15, -0.1) is 0 Å². The fraction of sp³-hybridized carbons (Fsp3) is 1.00. The summed E-state index contributed by atoms with van der Waals surface area (Å²) in [5.74, 6) is 0. The topological polar surface area (TPSA) is 27.7 Å². The SMILES string of the molecule is CCCC(CC)OC(C)C(C)(CC)OCC(C)(C)OC. The Kier molecular flexibility index (Phi) is 8.96. The first-order chi connectivity index (χ1) is 9.24. The molecule has 0 aliphatic carbocycles. The molecule has 0 aromatic rings. The summed E-state index contributed by atoms with van der Waals surface area (Å²) in [5, 5.41) is 0. The van der Waals surface area contributed by atoms with Crippen LogP contribution in [0, 0.1) is 0 Å². The van der Waals surface area contributed by atoms with Crippen molar-refractivity contribution in [3.63, 3.8) is 0 Å². The molecule has 0 radical (unpaired) electrons. The third kappa shape index (κ3) is 6.55. The molecule has 0 aromatic carbocycles. The Hall–Kier alpha value is -0.120. The van der Waals surface area contributed by atoms with E-state index in [2.05, 4.69) is 34.6 Å². The lowest BCUT2D eigenvalue weighted by Gasteiger charge is -2.39. The summed E-state index contributed by atoms with van der Waals surface area (Å²) in [6.45, 7) is 15.5. The van der Waals surface area contributed by atoms with Crippen molar-refractivity contribution in [3.05, 3.63) is 0 Å². The van der Waals surface area contributed by atoms with Crippen molar-refractivity contribution < 1.29 is 14.2 Å². The van der Waals surface area contributed by atoms with Gasteiger partial charge in [0, 0.05) is 7.11 Å². The number of methoxy groups -OCH3 is 1. The number of hydrogen-bond donors (Lipinski definition) is 0. The van der Waals surface area contributed by atoms with E-state index in [9.17, 15) is 0 Å². The van der Waals surface area contributed by atoms with E-state index >= 15 is 0 Å². The van der Waals surface area contributed by atoms with Gasteiger partial charge in [-0.3, -0.25) is 0 Å². The third-order valence-corrected chi connectivity index (χ3v) is 4.33. The molecule has 0 aliphatic rings. The van der Waals surface area contributed by atoms with Gasteiger partial charge in [0.05, 0.1) is 30.0 Å². The van der Waals surface area contributed by atoms with Crippen LogP contribution in [0.2, 0.25) is 0 Å². The van der Waals surface area contributed by atoms with Crippen LogP contribution in [0.15, 0.2) is 0 Å². The van der Waals surface area contributed by atoms with Crippen molar-refractivity contribution in [2.45, 2.75) is 97.6 Å². The lowest BCUT2D eigenvalue weighted by molar-refractivity contribution is -0.179. The van der Waals surface area contributed by atoms with Gasteiger partial charge >= 0.3 is 0 Å². The summed E-state index contributed by atoms with van der Waals surface area (Å²) in [6, 6.07) is 0. The van der Waals surface area contributed by atoms with Gasteiger partial charge in [0.25, 0.3) is 0 Å². The second kappa shape index (κ2) is 9.01. The van der Waals surface area contributed by atoms with Crippen LogP contribution in [0.4, 0.5) is 0 Å². The first-order valence-corrected chi connectivity index (χ1v) is 8.09. The van der Waals surface area contributed by atoms with Crippen LogP contribution in [0.25, 0.3) is 0 Å². The highest BCUT2D eigenvalue weighted by atomic mass is 16.6. The molecular formula is C17H36O3. The van der Waals surface area contributed by atoms with Crippen molar-refractivity contribution in [2.24, 2.45) is 0 Å². The molecule has 0 amide bonds. The molecule has 0 N–H and O–H groups in total. The second-order valence-corrected chi connectivity index (χ2v) is 6.52. The van der Waals surface area contributed by atoms with Gasteiger partial charge in [0.2, 0.25) is 0 Å². The summed E-state index contributed by atoms with van der Waals surface area (Å²) in [5.41, 5.74) is -0.527. The summed E-state index contributed by atoms with van der Waals surface area (Å²) in [4.78, 5) is 0. The maximum atomic E-state index is 6.23. The minimum atomic E-state index is -0.267. The average Bonchev–Trinajstić information content (AvgIpc) is 2.44. The zero-order valence-electron chi connectivity index (χ0n) is 14.9. The van der Waals surface area contributed by atoms with Crippen LogP contribution in [-0.4, -0.2) is 37.1 Å². The van der Waals surface area contributed by atoms with Crippen molar-refractivity contribution in [2.75, 3.05) is 13.7 Å². The van der Waals surface area contributed by atoms with E-state index in [1.807, 2.05) is 13.8 Å². The first-order valence-electron chi connectivity index (χ1n) is 8.09. The lowest BCUT2D eigenvalue weighted by Crippen LogP contribution is -2.46. The molecule has 0 bridgehead atoms. The second-order valence-electron chi connectivity index (χ2n) is 6.52. The maximum Gasteiger partial charge on any atom is 0.0911 e. The van der Waals surface area contributed by atoms with Crippen molar-refractivity contribution in [1.29, 1.82) is 0 Å². The first kappa shape index (κ1) is 19.9. The van der Waals surface area contributed by atoms with Gasteiger partial charge in [-0.1, -0.05) is 27.2 Å². The van der Waals surface area contributed by atoms with E-state index in [4.69, 9.17) is 14.2 Å². The molecule has 122 valence electrons. The summed E-state index contributed by atoms with van der Waals surface area (Å²) in [6.07, 6.45) is 4.67. The lowest BCUT2D eigenvalue weighted by atomic mass is 9.95. The van der Waals surface area contributed by atoms with E-state index in [1.54, 1.807) is 7.11 Å². The molecule has 0 rings (SSSR count). The molecule has 0 aliphatic heterocycles. The minimum absolute atomic E-state index is 0.0802. The molecule has 20 heavy (non-hydrogen) atoms. The van der Waals surface area contributed by atoms with Gasteiger partial charge in [0.1, 0.15) is 0 Å². The zero-order chi connectivity index (χ0) is 15.8. The Morgan fingerprint density at radius 1 is 1.05 bits per heavy atom. The molecule has 0 saturated heterocycles. The van der Waals surface area contributed by atoms with E-state index in [-0.39, 0.29) is 17.3 Å². The summed E-state index contributed by atoms with van der Waals surface area (Å²) >= 11 is 0. The smallest absolute Gasteiger partial charge is 0.0911 e. The quantitative estimate of drug-likeness (QED) is 0.557. The maximum absolute atomic E-state index is 6.23. The van der Waals surface area contributed by atoms with Gasteiger partial charge < -0.3 is 14.2 Å². The Labute approximate surface area is 126 Å². The van der Waals surface area contributed by atoms with Crippen LogP contribution < -0.4 is 0 Å². The molecule has 0 fully saturated rings. The molecule has 3 heteroatoms. The van der Waals surface area contributed by atoms with E-state index in [0.717, 1.165) is 25.7 Å². The number of ether oxygens (including phenoxy) is 3. The largest absolute Gasteiger partial charge is 0.376 e. The molecule has 0 heterocycles. The number of rotatable bonds is 11. The zero-order valence-corrected chi connectivity index (χ0v) is 14.9. The Bertz CT molecular complexity index is 253. The van der Waals surface area contributed by atoms with Crippen molar-refractivity contribution in [1.82, 2.24) is 0 Å². The van der Waals surface area contributed by atoms with Crippen LogP contribution in [0.1, 0.15) is 74.1 Å². The molecule has 0 aromatic heterocycles. The molecule has 0 spiro atoms. The van der Waals surface area contributed by atoms with E-state index < -0.39 is 0 Å². The summed E-state index contributed by atoms with van der Waals surface area (Å²) < 4.78 is 17.8. The Balaban J connectivity index is 4.60. The molecule has 3 atom stereocenters. The normalized spacial score (nSPS) is 18.6. The fourth-order valence-electron chi connectivity index (χ4n) is 2.03. The Morgan fingerprint density at radius 3 is 2.05 bits per heavy atom. The molecule has 3 unspecified atom stereocenters. The van der Waals surface area contributed by atoms with Gasteiger partial charge in [0.15, 0.2) is 0 Å². The van der Waals surface area contributed by atoms with E-state index in [1.165, 1.54) is 0 Å². The highest BCUT2D eigenvalue weighted by Crippen LogP contribution is 2.27. The van der Waals surface area contributed by atoms with E-state index in [0.29, 0.717) is 12.7 Å². The predicted octanol–water partition coefficient (Wildman–Crippen LogP) is 4.58. The van der Waals surface area contributed by atoms with Crippen molar-refractivity contribution in [3.8, 4) is 0 Å². The Morgan fingerprint density at radius 2 is 1.65 bits per heavy atom. The van der Waals surface area contributed by atoms with Crippen LogP contribution in [0.5, 0.6) is 0 Å². The average molecular weight is 288 g/mol. The van der Waals surface area contributed by atoms with Crippen LogP contribution in [0.3, 0.4) is 0 Å². The van der Waals surface area contributed by atoms with Gasteiger partial charge in [-0.2, -0.15) is 0 Å². The fourth-order valence-corrected chi connectivity index (χ4v) is 2.03. The standard InChI is InChI=1S/C17H36O3/c1-9-12-15(10-2)20-14(4)17(7,11-3)19-13-16(5,6)18-8/h14-15H,9-13H2,1-8H3. The van der Waals surface area contributed by atoms with Crippen LogP contribution in [-0.2, 0) is 14.2 Å². The third-order valence-electron chi connectivity index (χ3n) is 4.33. The van der Waals surface area contributed by atoms with Gasteiger partial charge in [-0.05, 0) is 47.0 Å². The predicted molar refractivity (Wildman–Crippen MR) is 85.3 cm³/mol. The van der Waals surface area contributed by atoms with Crippen molar-refractivity contribution >= 4 is 0 Å². The molecule has 0 saturated carbocycles. The molecular weight excluding hydrogens is 252 g/mol. The van der Waals surface area contributed by atoms with Crippen LogP contribution >= 0.6 is 0 Å². The highest BCUT2D eigenvalue weighted by Gasteiger charge is 2.34.